The number of aryl methyl sites for hydroxylation is 1. The number of nitrogens with one attached hydrogen (secondary N) is 1. The van der Waals surface area contributed by atoms with Gasteiger partial charge in [0.05, 0.1) is 4.91 Å². The van der Waals surface area contributed by atoms with Crippen molar-refractivity contribution >= 4 is 29.7 Å². The van der Waals surface area contributed by atoms with Crippen LogP contribution >= 0.6 is 11.8 Å². The zero-order valence-electron chi connectivity index (χ0n) is 24.0. The van der Waals surface area contributed by atoms with Crippen LogP contribution in [0.5, 0.6) is 0 Å². The Hall–Kier alpha value is -2.57. The minimum Gasteiger partial charge on any atom is -0.352 e. The van der Waals surface area contributed by atoms with E-state index in [1.165, 1.54) is 36.8 Å². The molecule has 6 heteroatoms. The first kappa shape index (κ1) is 29.4. The second-order valence-corrected chi connectivity index (χ2v) is 12.2. The van der Waals surface area contributed by atoms with Crippen LogP contribution in [0.4, 0.5) is 0 Å². The Morgan fingerprint density at radius 3 is 2.59 bits per heavy atom. The number of amides is 2. The lowest BCUT2D eigenvalue weighted by Crippen LogP contribution is -2.50. The Morgan fingerprint density at radius 1 is 1.08 bits per heavy atom. The third-order valence-corrected chi connectivity index (χ3v) is 9.33. The molecule has 4 rings (SSSR count). The molecule has 0 spiro atoms. The summed E-state index contributed by atoms with van der Waals surface area (Å²) in [6, 6.07) is 16.4. The molecule has 2 fully saturated rings. The van der Waals surface area contributed by atoms with Crippen LogP contribution in [0, 0.1) is 6.92 Å². The van der Waals surface area contributed by atoms with Crippen molar-refractivity contribution in [2.24, 2.45) is 0 Å². The molecule has 2 unspecified atom stereocenters. The molecule has 210 valence electrons. The Morgan fingerprint density at radius 2 is 1.85 bits per heavy atom. The predicted molar refractivity (Wildman–Crippen MR) is 164 cm³/mol. The van der Waals surface area contributed by atoms with Gasteiger partial charge < -0.3 is 15.1 Å². The molecule has 2 amide bonds. The molecule has 39 heavy (non-hydrogen) atoms. The maximum Gasteiger partial charge on any atom is 0.260 e. The number of nitrogens with zero attached hydrogens (tertiary/aromatic N) is 2. The molecule has 1 aliphatic carbocycles. The van der Waals surface area contributed by atoms with Crippen LogP contribution in [0.2, 0.25) is 0 Å². The van der Waals surface area contributed by atoms with E-state index in [0.29, 0.717) is 29.9 Å². The maximum absolute atomic E-state index is 13.7. The summed E-state index contributed by atoms with van der Waals surface area (Å²) < 4.78 is 0. The van der Waals surface area contributed by atoms with E-state index in [-0.39, 0.29) is 11.8 Å². The van der Waals surface area contributed by atoms with Crippen molar-refractivity contribution < 1.29 is 9.59 Å². The molecule has 1 N–H and O–H groups in total. The average Bonchev–Trinajstić information content (AvgIpc) is 2.95. The lowest BCUT2D eigenvalue weighted by molar-refractivity contribution is -0.130. The van der Waals surface area contributed by atoms with Gasteiger partial charge in [0, 0.05) is 29.9 Å². The molecule has 0 bridgehead atoms. The van der Waals surface area contributed by atoms with E-state index in [1.54, 1.807) is 11.8 Å². The van der Waals surface area contributed by atoms with E-state index in [1.807, 2.05) is 30.3 Å². The Bertz CT molecular complexity index is 1130. The van der Waals surface area contributed by atoms with Crippen LogP contribution in [0.1, 0.15) is 85.8 Å². The number of carbonyl (C=O) groups is 2. The van der Waals surface area contributed by atoms with E-state index >= 15 is 0 Å². The van der Waals surface area contributed by atoms with Crippen molar-refractivity contribution in [3.05, 3.63) is 75.7 Å². The number of thioether (sulfide) groups is 1. The molecule has 2 aromatic rings. The number of carbonyl (C=O) groups excluding carboxylic acids is 2. The monoisotopic (exact) mass is 547 g/mol. The number of fused-ring (bicyclic) bond motifs is 1. The molecule has 5 nitrogen and oxygen atoms in total. The largest absolute Gasteiger partial charge is 0.352 e. The standard InChI is InChI=1S/C33H45N3O2S/c1-4-6-20-35(5-2)21-10-19-34-32(37)28-17-15-26(16-18-28)23-31-33(38)36(24-27-12-9-11-25(3)22-27)29-13-7-8-14-30(29)39-31/h9,11-12,15-18,22-23,29-30H,4-8,10,13-14,19-21,24H2,1-3H3,(H,34,37)/b31-23+. The summed E-state index contributed by atoms with van der Waals surface area (Å²) in [4.78, 5) is 31.7. The number of hydrogen-bond acceptors (Lipinski definition) is 4. The van der Waals surface area contributed by atoms with Crippen LogP contribution in [0.25, 0.3) is 6.08 Å². The highest BCUT2D eigenvalue weighted by Gasteiger charge is 2.40. The highest BCUT2D eigenvalue weighted by Crippen LogP contribution is 2.42. The minimum absolute atomic E-state index is 0.0386. The fraction of sp³-hybridized carbons (Fsp3) is 0.515. The van der Waals surface area contributed by atoms with Crippen LogP contribution in [-0.2, 0) is 11.3 Å². The number of benzene rings is 2. The van der Waals surface area contributed by atoms with Gasteiger partial charge >= 0.3 is 0 Å². The summed E-state index contributed by atoms with van der Waals surface area (Å²) >= 11 is 1.76. The van der Waals surface area contributed by atoms with Crippen molar-refractivity contribution in [3.8, 4) is 0 Å². The Labute approximate surface area is 239 Å². The number of hydrogen-bond donors (Lipinski definition) is 1. The molecule has 2 atom stereocenters. The average molecular weight is 548 g/mol. The molecule has 1 saturated carbocycles. The van der Waals surface area contributed by atoms with Gasteiger partial charge in [-0.3, -0.25) is 9.59 Å². The van der Waals surface area contributed by atoms with Gasteiger partial charge in [0.15, 0.2) is 0 Å². The summed E-state index contributed by atoms with van der Waals surface area (Å²) in [6.07, 6.45) is 10.1. The fourth-order valence-corrected chi connectivity index (χ4v) is 7.14. The molecule has 2 aromatic carbocycles. The summed E-state index contributed by atoms with van der Waals surface area (Å²) in [5, 5.41) is 3.51. The van der Waals surface area contributed by atoms with E-state index < -0.39 is 0 Å². The second-order valence-electron chi connectivity index (χ2n) is 11.0. The van der Waals surface area contributed by atoms with Gasteiger partial charge in [-0.1, -0.05) is 75.1 Å². The smallest absolute Gasteiger partial charge is 0.260 e. The van der Waals surface area contributed by atoms with Crippen LogP contribution < -0.4 is 5.32 Å². The molecule has 0 aromatic heterocycles. The molecule has 0 radical (unpaired) electrons. The molecule has 2 aliphatic rings. The van der Waals surface area contributed by atoms with Gasteiger partial charge in [-0.15, -0.1) is 11.8 Å². The number of rotatable bonds is 12. The van der Waals surface area contributed by atoms with Crippen LogP contribution in [0.15, 0.2) is 53.4 Å². The number of unbranched alkanes of at least 4 members (excludes halogenated alkanes) is 1. The first-order valence-corrected chi connectivity index (χ1v) is 15.7. The first-order valence-electron chi connectivity index (χ1n) is 14.8. The van der Waals surface area contributed by atoms with E-state index in [4.69, 9.17) is 0 Å². The Balaban J connectivity index is 1.38. The summed E-state index contributed by atoms with van der Waals surface area (Å²) in [5.41, 5.74) is 4.03. The van der Waals surface area contributed by atoms with Crippen molar-refractivity contribution in [2.45, 2.75) is 83.6 Å². The minimum atomic E-state index is -0.0386. The second kappa shape index (κ2) is 14.7. The van der Waals surface area contributed by atoms with E-state index in [2.05, 4.69) is 60.2 Å². The first-order chi connectivity index (χ1) is 19.0. The Kier molecular flexibility index (Phi) is 11.1. The van der Waals surface area contributed by atoms with Crippen molar-refractivity contribution in [1.82, 2.24) is 15.1 Å². The van der Waals surface area contributed by atoms with Gasteiger partial charge in [-0.2, -0.15) is 0 Å². The van der Waals surface area contributed by atoms with Gasteiger partial charge in [-0.05, 0) is 81.6 Å². The molecular formula is C33H45N3O2S. The van der Waals surface area contributed by atoms with Gasteiger partial charge in [0.25, 0.3) is 11.8 Å². The summed E-state index contributed by atoms with van der Waals surface area (Å²) in [7, 11) is 0. The van der Waals surface area contributed by atoms with Crippen molar-refractivity contribution in [1.29, 1.82) is 0 Å². The maximum atomic E-state index is 13.7. The van der Waals surface area contributed by atoms with Crippen molar-refractivity contribution in [2.75, 3.05) is 26.2 Å². The third-order valence-electron chi connectivity index (χ3n) is 7.94. The predicted octanol–water partition coefficient (Wildman–Crippen LogP) is 6.66. The molecule has 1 heterocycles. The zero-order chi connectivity index (χ0) is 27.6. The summed E-state index contributed by atoms with van der Waals surface area (Å²) in [5.74, 6) is 0.0924. The van der Waals surface area contributed by atoms with Crippen LogP contribution in [0.3, 0.4) is 0 Å². The normalized spacial score (nSPS) is 20.4. The topological polar surface area (TPSA) is 52.7 Å². The van der Waals surface area contributed by atoms with Gasteiger partial charge in [0.2, 0.25) is 0 Å². The molecule has 1 aliphatic heterocycles. The van der Waals surface area contributed by atoms with Gasteiger partial charge in [-0.25, -0.2) is 0 Å². The molecule has 1 saturated heterocycles. The van der Waals surface area contributed by atoms with E-state index in [0.717, 1.165) is 49.4 Å². The zero-order valence-corrected chi connectivity index (χ0v) is 24.8. The van der Waals surface area contributed by atoms with E-state index in [9.17, 15) is 9.59 Å². The quantitative estimate of drug-likeness (QED) is 0.238. The summed E-state index contributed by atoms with van der Waals surface area (Å²) in [6.45, 7) is 11.0. The van der Waals surface area contributed by atoms with Crippen LogP contribution in [-0.4, -0.2) is 59.1 Å². The van der Waals surface area contributed by atoms with Gasteiger partial charge in [0.1, 0.15) is 0 Å². The lowest BCUT2D eigenvalue weighted by Gasteiger charge is -2.44. The fourth-order valence-electron chi connectivity index (χ4n) is 5.67. The lowest BCUT2D eigenvalue weighted by atomic mass is 9.92. The molecular weight excluding hydrogens is 502 g/mol. The SMILES string of the molecule is CCCCN(CC)CCCNC(=O)c1ccc(/C=C2/SC3CCCCC3N(Cc3cccc(C)c3)C2=O)cc1. The van der Waals surface area contributed by atoms with Crippen molar-refractivity contribution in [3.63, 3.8) is 0 Å². The highest BCUT2D eigenvalue weighted by molar-refractivity contribution is 8.04. The third kappa shape index (κ3) is 8.21. The highest BCUT2D eigenvalue weighted by atomic mass is 32.2.